The minimum atomic E-state index is 0.0518. The molecule has 1 aromatic heterocycles. The van der Waals surface area contributed by atoms with Crippen LogP contribution >= 0.6 is 11.3 Å². The van der Waals surface area contributed by atoms with Crippen molar-refractivity contribution in [1.29, 1.82) is 0 Å². The summed E-state index contributed by atoms with van der Waals surface area (Å²) in [6, 6.07) is 2.53. The number of carbonyl (C=O) groups is 1. The number of nitrogens with one attached hydrogen (secondary N) is 1. The van der Waals surface area contributed by atoms with Crippen LogP contribution in [0.2, 0.25) is 0 Å². The van der Waals surface area contributed by atoms with Gasteiger partial charge in [-0.2, -0.15) is 11.3 Å². The normalized spacial score (nSPS) is 21.4. The molecule has 1 atom stereocenters. The Labute approximate surface area is 107 Å². The van der Waals surface area contributed by atoms with Gasteiger partial charge in [0.15, 0.2) is 0 Å². The topological polar surface area (TPSA) is 32.3 Å². The number of piperidine rings is 1. The number of amides is 1. The fraction of sp³-hybridized carbons (Fsp3) is 0.615. The predicted octanol–water partition coefficient (Wildman–Crippen LogP) is 2.35. The van der Waals surface area contributed by atoms with Crippen LogP contribution in [0.4, 0.5) is 0 Å². The smallest absolute Gasteiger partial charge is 0.252 e. The molecule has 4 heteroatoms. The average Bonchev–Trinajstić information content (AvgIpc) is 2.85. The fourth-order valence-electron chi connectivity index (χ4n) is 2.30. The van der Waals surface area contributed by atoms with Crippen LogP contribution in [0, 0.1) is 0 Å². The zero-order valence-electron chi connectivity index (χ0n) is 10.3. The summed E-state index contributed by atoms with van der Waals surface area (Å²) in [5.41, 5.74) is 0.779. The van der Waals surface area contributed by atoms with Gasteiger partial charge in [-0.15, -0.1) is 0 Å². The maximum Gasteiger partial charge on any atom is 0.252 e. The van der Waals surface area contributed by atoms with Crippen molar-refractivity contribution in [2.24, 2.45) is 0 Å². The van der Waals surface area contributed by atoms with Gasteiger partial charge in [-0.25, -0.2) is 0 Å². The first-order chi connectivity index (χ1) is 8.27. The van der Waals surface area contributed by atoms with Crippen molar-refractivity contribution in [3.8, 4) is 0 Å². The first kappa shape index (κ1) is 12.6. The lowest BCUT2D eigenvalue weighted by Crippen LogP contribution is -2.42. The van der Waals surface area contributed by atoms with Crippen molar-refractivity contribution in [3.05, 3.63) is 22.4 Å². The Hall–Kier alpha value is -0.870. The molecule has 2 heterocycles. The maximum absolute atomic E-state index is 11.7. The highest BCUT2D eigenvalue weighted by Gasteiger charge is 2.17. The minimum absolute atomic E-state index is 0.0518. The molecule has 3 nitrogen and oxygen atoms in total. The summed E-state index contributed by atoms with van der Waals surface area (Å²) in [6.07, 6.45) is 3.93. The van der Waals surface area contributed by atoms with E-state index in [1.165, 1.54) is 25.8 Å². The third-order valence-electron chi connectivity index (χ3n) is 3.41. The van der Waals surface area contributed by atoms with E-state index < -0.39 is 0 Å². The summed E-state index contributed by atoms with van der Waals surface area (Å²) < 4.78 is 0. The van der Waals surface area contributed by atoms with Gasteiger partial charge in [-0.1, -0.05) is 6.42 Å². The Morgan fingerprint density at radius 3 is 3.18 bits per heavy atom. The second-order valence-electron chi connectivity index (χ2n) is 4.65. The highest BCUT2D eigenvalue weighted by atomic mass is 32.1. The standard InChI is InChI=1S/C13H20N2OS/c1-11-4-2-3-7-15(11)8-6-14-13(16)12-5-9-17-10-12/h5,9-11H,2-4,6-8H2,1H3,(H,14,16)/t11-/m1/s1. The first-order valence-electron chi connectivity index (χ1n) is 6.32. The molecule has 0 radical (unpaired) electrons. The van der Waals surface area contributed by atoms with Crippen molar-refractivity contribution in [1.82, 2.24) is 10.2 Å². The molecule has 1 aliphatic rings. The predicted molar refractivity (Wildman–Crippen MR) is 71.5 cm³/mol. The van der Waals surface area contributed by atoms with E-state index >= 15 is 0 Å². The van der Waals surface area contributed by atoms with E-state index in [2.05, 4.69) is 17.1 Å². The van der Waals surface area contributed by atoms with Crippen molar-refractivity contribution < 1.29 is 4.79 Å². The monoisotopic (exact) mass is 252 g/mol. The Bertz CT molecular complexity index is 350. The van der Waals surface area contributed by atoms with Crippen LogP contribution < -0.4 is 5.32 Å². The summed E-state index contributed by atoms with van der Waals surface area (Å²) in [5, 5.41) is 6.80. The van der Waals surface area contributed by atoms with Gasteiger partial charge >= 0.3 is 0 Å². The molecule has 2 rings (SSSR count). The molecule has 17 heavy (non-hydrogen) atoms. The second-order valence-corrected chi connectivity index (χ2v) is 5.43. The van der Waals surface area contributed by atoms with E-state index in [-0.39, 0.29) is 5.91 Å². The molecule has 0 bridgehead atoms. The van der Waals surface area contributed by atoms with Gasteiger partial charge in [0, 0.05) is 30.1 Å². The molecule has 1 amide bonds. The van der Waals surface area contributed by atoms with Crippen molar-refractivity contribution >= 4 is 17.2 Å². The third-order valence-corrected chi connectivity index (χ3v) is 4.09. The Morgan fingerprint density at radius 2 is 2.47 bits per heavy atom. The van der Waals surface area contributed by atoms with Gasteiger partial charge in [0.05, 0.1) is 0 Å². The van der Waals surface area contributed by atoms with Gasteiger partial charge in [-0.3, -0.25) is 9.69 Å². The summed E-state index contributed by atoms with van der Waals surface area (Å²) in [5.74, 6) is 0.0518. The summed E-state index contributed by atoms with van der Waals surface area (Å²) >= 11 is 1.56. The molecule has 0 saturated carbocycles. The number of carbonyl (C=O) groups excluding carboxylic acids is 1. The van der Waals surface area contributed by atoms with E-state index in [0.717, 1.165) is 18.7 Å². The van der Waals surface area contributed by atoms with Crippen molar-refractivity contribution in [3.63, 3.8) is 0 Å². The van der Waals surface area contributed by atoms with Gasteiger partial charge in [0.2, 0.25) is 0 Å². The molecule has 0 aliphatic carbocycles. The molecular weight excluding hydrogens is 232 g/mol. The van der Waals surface area contributed by atoms with Crippen LogP contribution in [0.3, 0.4) is 0 Å². The van der Waals surface area contributed by atoms with Crippen LogP contribution in [0.5, 0.6) is 0 Å². The Kier molecular flexibility index (Phi) is 4.57. The van der Waals surface area contributed by atoms with Crippen LogP contribution in [0.1, 0.15) is 36.5 Å². The van der Waals surface area contributed by atoms with Gasteiger partial charge in [0.25, 0.3) is 5.91 Å². The fourth-order valence-corrected chi connectivity index (χ4v) is 2.93. The van der Waals surface area contributed by atoms with Crippen LogP contribution in [0.15, 0.2) is 16.8 Å². The zero-order valence-corrected chi connectivity index (χ0v) is 11.1. The summed E-state index contributed by atoms with van der Waals surface area (Å²) in [4.78, 5) is 14.2. The zero-order chi connectivity index (χ0) is 12.1. The van der Waals surface area contributed by atoms with Crippen molar-refractivity contribution in [2.45, 2.75) is 32.2 Å². The van der Waals surface area contributed by atoms with Gasteiger partial charge < -0.3 is 5.32 Å². The number of rotatable bonds is 4. The largest absolute Gasteiger partial charge is 0.351 e. The van der Waals surface area contributed by atoms with Gasteiger partial charge in [-0.05, 0) is 37.8 Å². The summed E-state index contributed by atoms with van der Waals surface area (Å²) in [6.45, 7) is 5.17. The highest BCUT2D eigenvalue weighted by Crippen LogP contribution is 2.15. The highest BCUT2D eigenvalue weighted by molar-refractivity contribution is 7.08. The Morgan fingerprint density at radius 1 is 1.59 bits per heavy atom. The first-order valence-corrected chi connectivity index (χ1v) is 7.26. The van der Waals surface area contributed by atoms with E-state index in [1.807, 2.05) is 16.8 Å². The number of nitrogens with zero attached hydrogens (tertiary/aromatic N) is 1. The number of thiophene rings is 1. The van der Waals surface area contributed by atoms with Crippen molar-refractivity contribution in [2.75, 3.05) is 19.6 Å². The van der Waals surface area contributed by atoms with Gasteiger partial charge in [0.1, 0.15) is 0 Å². The molecule has 1 N–H and O–H groups in total. The van der Waals surface area contributed by atoms with E-state index in [9.17, 15) is 4.79 Å². The molecule has 0 aromatic carbocycles. The van der Waals surface area contributed by atoms with E-state index in [0.29, 0.717) is 6.04 Å². The second kappa shape index (κ2) is 6.17. The quantitative estimate of drug-likeness (QED) is 0.892. The number of likely N-dealkylation sites (tertiary alicyclic amines) is 1. The molecule has 1 fully saturated rings. The molecular formula is C13H20N2OS. The molecule has 1 saturated heterocycles. The lowest BCUT2D eigenvalue weighted by atomic mass is 10.0. The molecule has 0 unspecified atom stereocenters. The minimum Gasteiger partial charge on any atom is -0.351 e. The number of hydrogen-bond donors (Lipinski definition) is 1. The lowest BCUT2D eigenvalue weighted by Gasteiger charge is -2.33. The molecule has 0 spiro atoms. The molecule has 1 aliphatic heterocycles. The average molecular weight is 252 g/mol. The van der Waals surface area contributed by atoms with Crippen LogP contribution in [-0.2, 0) is 0 Å². The van der Waals surface area contributed by atoms with Crippen LogP contribution in [-0.4, -0.2) is 36.5 Å². The molecule has 94 valence electrons. The lowest BCUT2D eigenvalue weighted by molar-refractivity contribution is 0.0939. The Balaban J connectivity index is 1.70. The number of hydrogen-bond acceptors (Lipinski definition) is 3. The maximum atomic E-state index is 11.7. The van der Waals surface area contributed by atoms with E-state index in [1.54, 1.807) is 11.3 Å². The third kappa shape index (κ3) is 3.54. The van der Waals surface area contributed by atoms with Crippen LogP contribution in [0.25, 0.3) is 0 Å². The van der Waals surface area contributed by atoms with E-state index in [4.69, 9.17) is 0 Å². The SMILES string of the molecule is C[C@@H]1CCCCN1CCNC(=O)c1ccsc1. The molecule has 1 aromatic rings. The summed E-state index contributed by atoms with van der Waals surface area (Å²) in [7, 11) is 0.